The number of carbonyl (C=O) groups excluding carboxylic acids is 3. The molecule has 10 heteroatoms. The number of amides is 2. The van der Waals surface area contributed by atoms with E-state index >= 15 is 0 Å². The van der Waals surface area contributed by atoms with Crippen LogP contribution in [0.5, 0.6) is 11.5 Å². The van der Waals surface area contributed by atoms with Crippen LogP contribution in [-0.2, 0) is 9.59 Å². The summed E-state index contributed by atoms with van der Waals surface area (Å²) in [6.45, 7) is 0. The topological polar surface area (TPSA) is 106 Å². The van der Waals surface area contributed by atoms with E-state index in [1.807, 2.05) is 0 Å². The third kappa shape index (κ3) is 6.64. The number of carbonyl (C=O) groups is 3. The molecule has 0 heterocycles. The fraction of sp³-hybridized carbons (Fsp3) is 0.0435. The predicted octanol–water partition coefficient (Wildman–Crippen LogP) is 4.42. The number of methoxy groups -OCH3 is 1. The summed E-state index contributed by atoms with van der Waals surface area (Å²) in [4.78, 5) is 36.5. The molecule has 2 N–H and O–H groups in total. The molecule has 0 aliphatic rings. The average Bonchev–Trinajstić information content (AvgIpc) is 2.82. The molecule has 3 aromatic carbocycles. The fourth-order valence-corrected chi connectivity index (χ4v) is 3.11. The van der Waals surface area contributed by atoms with E-state index in [1.165, 1.54) is 13.3 Å². The van der Waals surface area contributed by atoms with E-state index in [-0.39, 0.29) is 5.75 Å². The summed E-state index contributed by atoms with van der Waals surface area (Å²) in [6, 6.07) is 17.8. The molecule has 0 aromatic heterocycles. The number of nitrogens with one attached hydrogen (secondary N) is 2. The van der Waals surface area contributed by atoms with E-state index in [0.29, 0.717) is 32.1 Å². The number of nitrogens with zero attached hydrogens (tertiary/aromatic N) is 1. The van der Waals surface area contributed by atoms with Gasteiger partial charge in [0.1, 0.15) is 11.5 Å². The largest absolute Gasteiger partial charge is 0.497 e. The number of benzene rings is 3. The van der Waals surface area contributed by atoms with Gasteiger partial charge in [0.15, 0.2) is 0 Å². The smallest absolute Gasteiger partial charge is 0.343 e. The molecule has 33 heavy (non-hydrogen) atoms. The van der Waals surface area contributed by atoms with Gasteiger partial charge in [-0.1, -0.05) is 39.7 Å². The number of esters is 1. The molecule has 3 aromatic rings. The molecule has 0 aliphatic heterocycles. The molecular weight excluding hydrogens is 514 g/mol. The van der Waals surface area contributed by atoms with E-state index in [4.69, 9.17) is 21.1 Å². The third-order valence-electron chi connectivity index (χ3n) is 4.20. The number of hydrogen-bond acceptors (Lipinski definition) is 6. The van der Waals surface area contributed by atoms with Crippen LogP contribution in [0, 0.1) is 0 Å². The van der Waals surface area contributed by atoms with Crippen LogP contribution < -0.4 is 20.2 Å². The van der Waals surface area contributed by atoms with Crippen molar-refractivity contribution >= 4 is 57.2 Å². The van der Waals surface area contributed by atoms with E-state index in [1.54, 1.807) is 66.7 Å². The second kappa shape index (κ2) is 11.3. The molecule has 0 aliphatic carbocycles. The highest BCUT2D eigenvalue weighted by Crippen LogP contribution is 2.23. The first-order chi connectivity index (χ1) is 15.9. The third-order valence-corrected chi connectivity index (χ3v) is 5.02. The standard InChI is InChI=1S/C23H17BrClN3O5/c1-32-17-9-6-14(7-10-17)23(31)33-20-11-8-16(24)12-15(20)13-26-28-22(30)21(29)27-19-5-3-2-4-18(19)25/h2-13H,1H3,(H,27,29)(H,28,30)/b26-13-. The maximum atomic E-state index is 12.5. The molecule has 3 rings (SSSR count). The molecule has 0 radical (unpaired) electrons. The van der Waals surface area contributed by atoms with Gasteiger partial charge in [-0.3, -0.25) is 9.59 Å². The predicted molar refractivity (Wildman–Crippen MR) is 128 cm³/mol. The van der Waals surface area contributed by atoms with Crippen molar-refractivity contribution in [3.8, 4) is 11.5 Å². The minimum Gasteiger partial charge on any atom is -0.497 e. The van der Waals surface area contributed by atoms with Crippen LogP contribution in [0.25, 0.3) is 0 Å². The first-order valence-electron chi connectivity index (χ1n) is 9.42. The highest BCUT2D eigenvalue weighted by atomic mass is 79.9. The van der Waals surface area contributed by atoms with Crippen LogP contribution in [0.15, 0.2) is 76.3 Å². The van der Waals surface area contributed by atoms with Crippen LogP contribution in [0.2, 0.25) is 5.02 Å². The van der Waals surface area contributed by atoms with Gasteiger partial charge in [0, 0.05) is 10.0 Å². The van der Waals surface area contributed by atoms with Gasteiger partial charge in [0.05, 0.1) is 29.6 Å². The number of para-hydroxylation sites is 1. The van der Waals surface area contributed by atoms with Crippen LogP contribution in [0.4, 0.5) is 5.69 Å². The minimum atomic E-state index is -1.00. The molecule has 2 amide bonds. The number of anilines is 1. The van der Waals surface area contributed by atoms with Gasteiger partial charge in [0.2, 0.25) is 0 Å². The van der Waals surface area contributed by atoms with E-state index < -0.39 is 17.8 Å². The molecule has 8 nitrogen and oxygen atoms in total. The Bertz CT molecular complexity index is 1210. The second-order valence-corrected chi connectivity index (χ2v) is 7.76. The Balaban J connectivity index is 1.67. The normalized spacial score (nSPS) is 10.5. The number of rotatable bonds is 6. The van der Waals surface area contributed by atoms with E-state index in [2.05, 4.69) is 31.8 Å². The van der Waals surface area contributed by atoms with Crippen molar-refractivity contribution in [1.29, 1.82) is 0 Å². The molecule has 168 valence electrons. The molecule has 0 bridgehead atoms. The number of ether oxygens (including phenoxy) is 2. The van der Waals surface area contributed by atoms with Crippen molar-refractivity contribution in [3.63, 3.8) is 0 Å². The SMILES string of the molecule is COc1ccc(C(=O)Oc2ccc(Br)cc2/C=N\NC(=O)C(=O)Nc2ccccc2Cl)cc1. The van der Waals surface area contributed by atoms with Crippen LogP contribution >= 0.6 is 27.5 Å². The van der Waals surface area contributed by atoms with Gasteiger partial charge in [-0.25, -0.2) is 10.2 Å². The summed E-state index contributed by atoms with van der Waals surface area (Å²) in [7, 11) is 1.53. The fourth-order valence-electron chi connectivity index (χ4n) is 2.55. The number of hydrazone groups is 1. The Morgan fingerprint density at radius 3 is 2.42 bits per heavy atom. The van der Waals surface area contributed by atoms with E-state index in [9.17, 15) is 14.4 Å². The Hall–Kier alpha value is -3.69. The van der Waals surface area contributed by atoms with E-state index in [0.717, 1.165) is 0 Å². The van der Waals surface area contributed by atoms with Gasteiger partial charge in [0.25, 0.3) is 0 Å². The molecular formula is C23H17BrClN3O5. The van der Waals surface area contributed by atoms with Gasteiger partial charge < -0.3 is 14.8 Å². The van der Waals surface area contributed by atoms with Crippen molar-refractivity contribution in [3.05, 3.63) is 87.4 Å². The summed E-state index contributed by atoms with van der Waals surface area (Å²) in [5, 5.41) is 6.46. The summed E-state index contributed by atoms with van der Waals surface area (Å²) in [5.41, 5.74) is 3.13. The number of hydrogen-bond donors (Lipinski definition) is 2. The zero-order chi connectivity index (χ0) is 23.8. The van der Waals surface area contributed by atoms with Gasteiger partial charge in [-0.05, 0) is 54.6 Å². The first-order valence-corrected chi connectivity index (χ1v) is 10.6. The second-order valence-electron chi connectivity index (χ2n) is 6.43. The number of halogens is 2. The molecule has 0 fully saturated rings. The van der Waals surface area contributed by atoms with Crippen LogP contribution in [0.3, 0.4) is 0 Å². The average molecular weight is 531 g/mol. The minimum absolute atomic E-state index is 0.206. The molecule has 0 spiro atoms. The molecule has 0 saturated heterocycles. The van der Waals surface area contributed by atoms with Gasteiger partial charge in [-0.2, -0.15) is 5.10 Å². The highest BCUT2D eigenvalue weighted by molar-refractivity contribution is 9.10. The van der Waals surface area contributed by atoms with Crippen molar-refractivity contribution in [2.75, 3.05) is 12.4 Å². The van der Waals surface area contributed by atoms with Crippen LogP contribution in [-0.4, -0.2) is 31.1 Å². The van der Waals surface area contributed by atoms with Crippen molar-refractivity contribution < 1.29 is 23.9 Å². The Kier molecular flexibility index (Phi) is 8.17. The summed E-state index contributed by atoms with van der Waals surface area (Å²) >= 11 is 9.29. The first kappa shape index (κ1) is 24.0. The van der Waals surface area contributed by atoms with Crippen molar-refractivity contribution in [2.45, 2.75) is 0 Å². The van der Waals surface area contributed by atoms with Gasteiger partial charge >= 0.3 is 17.8 Å². The summed E-state index contributed by atoms with van der Waals surface area (Å²) < 4.78 is 11.2. The molecule has 0 atom stereocenters. The quantitative estimate of drug-likeness (QED) is 0.161. The summed E-state index contributed by atoms with van der Waals surface area (Å²) in [5.74, 6) is -1.72. The van der Waals surface area contributed by atoms with Gasteiger partial charge in [-0.15, -0.1) is 0 Å². The zero-order valence-corrected chi connectivity index (χ0v) is 19.5. The van der Waals surface area contributed by atoms with Crippen LogP contribution in [0.1, 0.15) is 15.9 Å². The maximum absolute atomic E-state index is 12.5. The molecule has 0 unspecified atom stereocenters. The van der Waals surface area contributed by atoms with Crippen molar-refractivity contribution in [2.24, 2.45) is 5.10 Å². The zero-order valence-electron chi connectivity index (χ0n) is 17.2. The molecule has 0 saturated carbocycles. The summed E-state index contributed by atoms with van der Waals surface area (Å²) in [6.07, 6.45) is 1.25. The lowest BCUT2D eigenvalue weighted by atomic mass is 10.2. The lowest BCUT2D eigenvalue weighted by Gasteiger charge is -2.09. The lowest BCUT2D eigenvalue weighted by molar-refractivity contribution is -0.136. The Labute approximate surface area is 202 Å². The maximum Gasteiger partial charge on any atom is 0.343 e. The Morgan fingerprint density at radius 1 is 1.00 bits per heavy atom. The highest BCUT2D eigenvalue weighted by Gasteiger charge is 2.15. The van der Waals surface area contributed by atoms with Crippen molar-refractivity contribution in [1.82, 2.24) is 5.43 Å². The Morgan fingerprint density at radius 2 is 1.73 bits per heavy atom. The lowest BCUT2D eigenvalue weighted by Crippen LogP contribution is -2.32. The monoisotopic (exact) mass is 529 g/mol.